The van der Waals surface area contributed by atoms with Crippen LogP contribution >= 0.6 is 50.7 Å². The second-order valence-electron chi connectivity index (χ2n) is 5.92. The van der Waals surface area contributed by atoms with E-state index in [2.05, 4.69) is 20.9 Å². The van der Waals surface area contributed by atoms with E-state index < -0.39 is 0 Å². The molecule has 2 nitrogen and oxygen atoms in total. The minimum absolute atomic E-state index is 0.377. The summed E-state index contributed by atoms with van der Waals surface area (Å²) in [5.41, 5.74) is 3.63. The van der Waals surface area contributed by atoms with Crippen LogP contribution in [0.15, 0.2) is 64.1 Å². The molecule has 0 aliphatic carbocycles. The van der Waals surface area contributed by atoms with Crippen molar-refractivity contribution < 1.29 is 4.74 Å². The van der Waals surface area contributed by atoms with E-state index in [-0.39, 0.29) is 0 Å². The maximum Gasteiger partial charge on any atom is 0.157 e. The number of benzene rings is 3. The average molecular weight is 484 g/mol. The Hall–Kier alpha value is -1.52. The minimum Gasteiger partial charge on any atom is -0.486 e. The fourth-order valence-corrected chi connectivity index (χ4v) is 3.44. The second-order valence-corrected chi connectivity index (χ2v) is 8.08. The molecule has 0 aliphatic heterocycles. The molecule has 3 rings (SSSR count). The highest BCUT2D eigenvalue weighted by Crippen LogP contribution is 2.35. The van der Waals surface area contributed by atoms with Crippen LogP contribution in [0.3, 0.4) is 0 Å². The van der Waals surface area contributed by atoms with E-state index in [4.69, 9.17) is 39.5 Å². The Balaban J connectivity index is 1.77. The van der Waals surface area contributed by atoms with Gasteiger partial charge in [0.2, 0.25) is 0 Å². The van der Waals surface area contributed by atoms with E-state index in [0.29, 0.717) is 27.4 Å². The van der Waals surface area contributed by atoms with E-state index >= 15 is 0 Å². The van der Waals surface area contributed by atoms with Gasteiger partial charge in [0.25, 0.3) is 0 Å². The number of rotatable bonds is 5. The zero-order valence-electron chi connectivity index (χ0n) is 14.3. The highest BCUT2D eigenvalue weighted by atomic mass is 79.9. The third kappa shape index (κ3) is 5.49. The molecule has 0 amide bonds. The van der Waals surface area contributed by atoms with Crippen molar-refractivity contribution in [1.82, 2.24) is 0 Å². The summed E-state index contributed by atoms with van der Waals surface area (Å²) in [5, 5.41) is 1.51. The van der Waals surface area contributed by atoms with Crippen molar-refractivity contribution in [1.29, 1.82) is 0 Å². The van der Waals surface area contributed by atoms with Gasteiger partial charge in [-0.1, -0.05) is 68.9 Å². The van der Waals surface area contributed by atoms with Gasteiger partial charge in [0, 0.05) is 15.7 Å². The fraction of sp³-hybridized carbons (Fsp3) is 0.0952. The summed E-state index contributed by atoms with van der Waals surface area (Å²) in [6.45, 7) is 2.35. The molecule has 0 unspecified atom stereocenters. The summed E-state index contributed by atoms with van der Waals surface area (Å²) >= 11 is 22.2. The monoisotopic (exact) mass is 481 g/mol. The summed E-state index contributed by atoms with van der Waals surface area (Å²) < 4.78 is 6.82. The largest absolute Gasteiger partial charge is 0.486 e. The summed E-state index contributed by atoms with van der Waals surface area (Å²) in [6, 6.07) is 17.0. The summed E-state index contributed by atoms with van der Waals surface area (Å²) in [7, 11) is 0. The molecule has 0 aliphatic rings. The first-order chi connectivity index (χ1) is 12.9. The Labute approximate surface area is 181 Å². The van der Waals surface area contributed by atoms with E-state index in [1.807, 2.05) is 49.4 Å². The zero-order chi connectivity index (χ0) is 19.4. The number of hydrogen-bond acceptors (Lipinski definition) is 2. The maximum atomic E-state index is 6.36. The van der Waals surface area contributed by atoms with Crippen molar-refractivity contribution in [3.8, 4) is 5.75 Å². The molecule has 0 aromatic heterocycles. The fourth-order valence-electron chi connectivity index (χ4n) is 2.39. The molecule has 0 saturated heterocycles. The molecular formula is C21H15BrCl3NO. The van der Waals surface area contributed by atoms with Crippen molar-refractivity contribution in [2.75, 3.05) is 0 Å². The van der Waals surface area contributed by atoms with Crippen LogP contribution in [0.5, 0.6) is 5.75 Å². The molecule has 0 N–H and O–H groups in total. The standard InChI is InChI=1S/C21H15BrCl3NO/c1-13-2-7-17(23)10-20(13)26-11-15-8-18(24)21(19(25)9-15)27-12-14-3-5-16(22)6-4-14/h2-11H,12H2,1H3. The van der Waals surface area contributed by atoms with Gasteiger partial charge in [-0.2, -0.15) is 0 Å². The Morgan fingerprint density at radius 1 is 0.963 bits per heavy atom. The molecule has 27 heavy (non-hydrogen) atoms. The number of ether oxygens (including phenoxy) is 1. The van der Waals surface area contributed by atoms with Crippen molar-refractivity contribution in [2.45, 2.75) is 13.5 Å². The lowest BCUT2D eigenvalue weighted by Gasteiger charge is -2.11. The molecule has 3 aromatic carbocycles. The van der Waals surface area contributed by atoms with Gasteiger partial charge in [0.1, 0.15) is 6.61 Å². The third-order valence-corrected chi connectivity index (χ3v) is 5.17. The number of nitrogens with zero attached hydrogens (tertiary/aromatic N) is 1. The van der Waals surface area contributed by atoms with Gasteiger partial charge < -0.3 is 4.74 Å². The lowest BCUT2D eigenvalue weighted by Crippen LogP contribution is -1.97. The molecule has 0 bridgehead atoms. The number of hydrogen-bond donors (Lipinski definition) is 0. The van der Waals surface area contributed by atoms with Crippen LogP contribution in [0.25, 0.3) is 0 Å². The SMILES string of the molecule is Cc1ccc(Cl)cc1N=Cc1cc(Cl)c(OCc2ccc(Br)cc2)c(Cl)c1. The van der Waals surface area contributed by atoms with Crippen LogP contribution in [-0.2, 0) is 6.61 Å². The molecule has 0 heterocycles. The smallest absolute Gasteiger partial charge is 0.157 e. The van der Waals surface area contributed by atoms with Gasteiger partial charge in [-0.25, -0.2) is 0 Å². The van der Waals surface area contributed by atoms with Gasteiger partial charge in [0.05, 0.1) is 15.7 Å². The van der Waals surface area contributed by atoms with Gasteiger partial charge in [-0.3, -0.25) is 4.99 Å². The third-order valence-electron chi connectivity index (χ3n) is 3.84. The minimum atomic E-state index is 0.377. The normalized spacial score (nSPS) is 11.1. The first-order valence-corrected chi connectivity index (χ1v) is 10.0. The predicted octanol–water partition coefficient (Wildman–Crippen LogP) is 8.05. The van der Waals surface area contributed by atoms with Crippen LogP contribution in [-0.4, -0.2) is 6.21 Å². The molecule has 0 radical (unpaired) electrons. The van der Waals surface area contributed by atoms with Crippen LogP contribution in [0.2, 0.25) is 15.1 Å². The van der Waals surface area contributed by atoms with Crippen molar-refractivity contribution in [2.24, 2.45) is 4.99 Å². The topological polar surface area (TPSA) is 21.6 Å². The highest BCUT2D eigenvalue weighted by molar-refractivity contribution is 9.10. The van der Waals surface area contributed by atoms with E-state index in [9.17, 15) is 0 Å². The van der Waals surface area contributed by atoms with Crippen molar-refractivity contribution >= 4 is 62.6 Å². The van der Waals surface area contributed by atoms with E-state index in [0.717, 1.165) is 26.9 Å². The molecule has 138 valence electrons. The Morgan fingerprint density at radius 2 is 1.63 bits per heavy atom. The number of aryl methyl sites for hydroxylation is 1. The maximum absolute atomic E-state index is 6.36. The van der Waals surface area contributed by atoms with Crippen LogP contribution < -0.4 is 4.74 Å². The number of aliphatic imine (C=N–C) groups is 1. The molecule has 6 heteroatoms. The Morgan fingerprint density at radius 3 is 2.30 bits per heavy atom. The highest BCUT2D eigenvalue weighted by Gasteiger charge is 2.10. The lowest BCUT2D eigenvalue weighted by molar-refractivity contribution is 0.306. The molecular weight excluding hydrogens is 469 g/mol. The Kier molecular flexibility index (Phi) is 6.83. The van der Waals surface area contributed by atoms with Gasteiger partial charge >= 0.3 is 0 Å². The van der Waals surface area contributed by atoms with Gasteiger partial charge in [-0.15, -0.1) is 0 Å². The van der Waals surface area contributed by atoms with Gasteiger partial charge in [-0.05, 0) is 60.0 Å². The summed E-state index contributed by atoms with van der Waals surface area (Å²) in [5.74, 6) is 0.456. The molecule has 0 saturated carbocycles. The molecule has 0 spiro atoms. The molecule has 0 atom stereocenters. The Bertz CT molecular complexity index is 964. The van der Waals surface area contributed by atoms with Crippen LogP contribution in [0.4, 0.5) is 5.69 Å². The predicted molar refractivity (Wildman–Crippen MR) is 118 cm³/mol. The number of halogens is 4. The van der Waals surface area contributed by atoms with Gasteiger partial charge in [0.15, 0.2) is 5.75 Å². The lowest BCUT2D eigenvalue weighted by atomic mass is 10.2. The van der Waals surface area contributed by atoms with E-state index in [1.165, 1.54) is 0 Å². The van der Waals surface area contributed by atoms with Crippen LogP contribution in [0.1, 0.15) is 16.7 Å². The van der Waals surface area contributed by atoms with E-state index in [1.54, 1.807) is 18.3 Å². The quantitative estimate of drug-likeness (QED) is 0.337. The molecule has 3 aromatic rings. The van der Waals surface area contributed by atoms with Crippen molar-refractivity contribution in [3.05, 3.63) is 90.8 Å². The first kappa shape index (κ1) is 20.2. The zero-order valence-corrected chi connectivity index (χ0v) is 18.2. The second kappa shape index (κ2) is 9.11. The summed E-state index contributed by atoms with van der Waals surface area (Å²) in [4.78, 5) is 4.48. The molecule has 0 fully saturated rings. The van der Waals surface area contributed by atoms with Crippen LogP contribution in [0, 0.1) is 6.92 Å². The summed E-state index contributed by atoms with van der Waals surface area (Å²) in [6.07, 6.45) is 1.70. The average Bonchev–Trinajstić information content (AvgIpc) is 2.63. The van der Waals surface area contributed by atoms with Crippen molar-refractivity contribution in [3.63, 3.8) is 0 Å². The first-order valence-electron chi connectivity index (χ1n) is 8.09.